The number of hydrogen-bond acceptors (Lipinski definition) is 4. The number of nitrogens with zero attached hydrogens (tertiary/aromatic N) is 1. The Morgan fingerprint density at radius 1 is 1.33 bits per heavy atom. The Morgan fingerprint density at radius 2 is 2.00 bits per heavy atom. The van der Waals surface area contributed by atoms with Crippen molar-refractivity contribution < 1.29 is 18.3 Å². The molecule has 104 valence electrons. The number of nitrogens with two attached hydrogens (primary N) is 1. The highest BCUT2D eigenvalue weighted by atomic mass is 32.2. The molecule has 18 heavy (non-hydrogen) atoms. The van der Waals surface area contributed by atoms with Crippen LogP contribution in [0.5, 0.6) is 0 Å². The number of carboxylic acids is 1. The van der Waals surface area contributed by atoms with Gasteiger partial charge in [0, 0.05) is 12.6 Å². The standard InChI is InChI=1S/C11H20N2O4S/c12-18(16,17)6-5-13-9-4-2-1-3-8(9)7-10(13)11(14)15/h8-10H,1-7H2,(H,14,15)(H2,12,16,17). The number of aliphatic carboxylic acids is 1. The normalized spacial score (nSPS) is 33.3. The van der Waals surface area contributed by atoms with Crippen LogP contribution in [-0.4, -0.2) is 48.8 Å². The largest absolute Gasteiger partial charge is 0.480 e. The molecule has 3 atom stereocenters. The van der Waals surface area contributed by atoms with E-state index < -0.39 is 22.0 Å². The van der Waals surface area contributed by atoms with E-state index in [1.165, 1.54) is 0 Å². The Labute approximate surface area is 107 Å². The molecule has 1 heterocycles. The maximum atomic E-state index is 11.3. The molecule has 0 aromatic heterocycles. The Kier molecular flexibility index (Phi) is 3.93. The summed E-state index contributed by atoms with van der Waals surface area (Å²) in [6.07, 6.45) is 4.92. The fourth-order valence-electron chi connectivity index (χ4n) is 3.35. The van der Waals surface area contributed by atoms with Gasteiger partial charge in [-0.1, -0.05) is 12.8 Å². The van der Waals surface area contributed by atoms with Gasteiger partial charge in [-0.3, -0.25) is 9.69 Å². The molecule has 2 rings (SSSR count). The van der Waals surface area contributed by atoms with Crippen molar-refractivity contribution in [2.24, 2.45) is 11.1 Å². The van der Waals surface area contributed by atoms with Gasteiger partial charge in [0.25, 0.3) is 0 Å². The molecule has 0 radical (unpaired) electrons. The van der Waals surface area contributed by atoms with Gasteiger partial charge in [0.15, 0.2) is 0 Å². The molecule has 3 unspecified atom stereocenters. The van der Waals surface area contributed by atoms with Crippen LogP contribution >= 0.6 is 0 Å². The van der Waals surface area contributed by atoms with Crippen LogP contribution in [-0.2, 0) is 14.8 Å². The van der Waals surface area contributed by atoms with E-state index in [9.17, 15) is 18.3 Å². The monoisotopic (exact) mass is 276 g/mol. The molecule has 2 aliphatic rings. The highest BCUT2D eigenvalue weighted by Gasteiger charge is 2.44. The number of hydrogen-bond donors (Lipinski definition) is 2. The molecule has 1 saturated heterocycles. The second-order valence-electron chi connectivity index (χ2n) is 5.31. The number of fused-ring (bicyclic) bond motifs is 1. The zero-order valence-corrected chi connectivity index (χ0v) is 11.1. The predicted octanol–water partition coefficient (Wildman–Crippen LogP) is -0.00740. The van der Waals surface area contributed by atoms with Crippen LogP contribution in [0.2, 0.25) is 0 Å². The summed E-state index contributed by atoms with van der Waals surface area (Å²) in [7, 11) is -3.53. The second kappa shape index (κ2) is 5.14. The summed E-state index contributed by atoms with van der Waals surface area (Å²) in [5, 5.41) is 14.2. The van der Waals surface area contributed by atoms with E-state index in [-0.39, 0.29) is 18.3 Å². The highest BCUT2D eigenvalue weighted by molar-refractivity contribution is 7.89. The van der Waals surface area contributed by atoms with Crippen LogP contribution in [0.3, 0.4) is 0 Å². The first-order chi connectivity index (χ1) is 8.38. The van der Waals surface area contributed by atoms with E-state index in [2.05, 4.69) is 0 Å². The quantitative estimate of drug-likeness (QED) is 0.752. The fourth-order valence-corrected chi connectivity index (χ4v) is 3.82. The zero-order chi connectivity index (χ0) is 13.3. The summed E-state index contributed by atoms with van der Waals surface area (Å²) in [6, 6.07) is -0.318. The second-order valence-corrected chi connectivity index (χ2v) is 7.04. The minimum absolute atomic E-state index is 0.167. The van der Waals surface area contributed by atoms with Crippen LogP contribution in [0.1, 0.15) is 32.1 Å². The lowest BCUT2D eigenvalue weighted by Gasteiger charge is -2.32. The smallest absolute Gasteiger partial charge is 0.320 e. The number of primary sulfonamides is 1. The zero-order valence-electron chi connectivity index (χ0n) is 10.3. The van der Waals surface area contributed by atoms with Gasteiger partial charge in [0.1, 0.15) is 6.04 Å². The van der Waals surface area contributed by atoms with Crippen LogP contribution < -0.4 is 5.14 Å². The summed E-state index contributed by atoms with van der Waals surface area (Å²) in [5.74, 6) is -0.612. The number of likely N-dealkylation sites (tertiary alicyclic amines) is 1. The van der Waals surface area contributed by atoms with Crippen LogP contribution in [0.15, 0.2) is 0 Å². The molecule has 1 aliphatic carbocycles. The van der Waals surface area contributed by atoms with Gasteiger partial charge < -0.3 is 5.11 Å². The fraction of sp³-hybridized carbons (Fsp3) is 0.909. The number of carbonyl (C=O) groups is 1. The third-order valence-electron chi connectivity index (χ3n) is 4.14. The molecular formula is C11H20N2O4S. The van der Waals surface area contributed by atoms with Gasteiger partial charge in [-0.05, 0) is 25.2 Å². The average molecular weight is 276 g/mol. The Morgan fingerprint density at radius 3 is 2.61 bits per heavy atom. The van der Waals surface area contributed by atoms with E-state index in [0.717, 1.165) is 25.7 Å². The minimum atomic E-state index is -3.53. The van der Waals surface area contributed by atoms with Crippen molar-refractivity contribution in [1.29, 1.82) is 0 Å². The van der Waals surface area contributed by atoms with Crippen molar-refractivity contribution in [3.05, 3.63) is 0 Å². The van der Waals surface area contributed by atoms with E-state index in [4.69, 9.17) is 5.14 Å². The van der Waals surface area contributed by atoms with E-state index in [1.54, 1.807) is 0 Å². The lowest BCUT2D eigenvalue weighted by atomic mass is 9.85. The first-order valence-corrected chi connectivity index (χ1v) is 8.09. The van der Waals surface area contributed by atoms with Crippen molar-refractivity contribution in [1.82, 2.24) is 4.90 Å². The molecule has 1 aliphatic heterocycles. The van der Waals surface area contributed by atoms with Gasteiger partial charge in [0.2, 0.25) is 10.0 Å². The molecule has 0 aromatic rings. The van der Waals surface area contributed by atoms with Crippen LogP contribution in [0, 0.1) is 5.92 Å². The van der Waals surface area contributed by atoms with E-state index in [1.807, 2.05) is 4.90 Å². The molecule has 2 fully saturated rings. The van der Waals surface area contributed by atoms with Crippen LogP contribution in [0.4, 0.5) is 0 Å². The van der Waals surface area contributed by atoms with Gasteiger partial charge in [-0.25, -0.2) is 13.6 Å². The first-order valence-electron chi connectivity index (χ1n) is 6.37. The molecule has 7 heteroatoms. The van der Waals surface area contributed by atoms with Gasteiger partial charge in [0.05, 0.1) is 5.75 Å². The lowest BCUT2D eigenvalue weighted by molar-refractivity contribution is -0.142. The Balaban J connectivity index is 2.09. The molecule has 0 aromatic carbocycles. The van der Waals surface area contributed by atoms with E-state index in [0.29, 0.717) is 12.3 Å². The van der Waals surface area contributed by atoms with Crippen LogP contribution in [0.25, 0.3) is 0 Å². The van der Waals surface area contributed by atoms with Crippen molar-refractivity contribution in [2.75, 3.05) is 12.3 Å². The van der Waals surface area contributed by atoms with Gasteiger partial charge in [-0.15, -0.1) is 0 Å². The summed E-state index contributed by atoms with van der Waals surface area (Å²) in [4.78, 5) is 13.1. The third-order valence-corrected chi connectivity index (χ3v) is 4.89. The Bertz CT molecular complexity index is 423. The highest BCUT2D eigenvalue weighted by Crippen LogP contribution is 2.39. The molecule has 0 bridgehead atoms. The molecule has 6 nitrogen and oxygen atoms in total. The van der Waals surface area contributed by atoms with Crippen molar-refractivity contribution in [3.63, 3.8) is 0 Å². The summed E-state index contributed by atoms with van der Waals surface area (Å²) >= 11 is 0. The van der Waals surface area contributed by atoms with E-state index >= 15 is 0 Å². The lowest BCUT2D eigenvalue weighted by Crippen LogP contribution is -2.45. The summed E-state index contributed by atoms with van der Waals surface area (Å²) in [5.41, 5.74) is 0. The molecular weight excluding hydrogens is 256 g/mol. The molecule has 0 amide bonds. The molecule has 0 spiro atoms. The minimum Gasteiger partial charge on any atom is -0.480 e. The van der Waals surface area contributed by atoms with Gasteiger partial charge >= 0.3 is 5.97 Å². The van der Waals surface area contributed by atoms with Crippen molar-refractivity contribution in [3.8, 4) is 0 Å². The third kappa shape index (κ3) is 3.02. The van der Waals surface area contributed by atoms with Crippen molar-refractivity contribution in [2.45, 2.75) is 44.2 Å². The summed E-state index contributed by atoms with van der Waals surface area (Å²) in [6.45, 7) is 0.233. The Hall–Kier alpha value is -0.660. The van der Waals surface area contributed by atoms with Crippen molar-refractivity contribution >= 4 is 16.0 Å². The molecule has 1 saturated carbocycles. The SMILES string of the molecule is NS(=O)(=O)CCN1C(C(=O)O)CC2CCCCC21. The molecule has 3 N–H and O–H groups in total. The number of rotatable bonds is 4. The number of carboxylic acid groups (broad SMARTS) is 1. The number of sulfonamides is 1. The van der Waals surface area contributed by atoms with Gasteiger partial charge in [-0.2, -0.15) is 0 Å². The first kappa shape index (κ1) is 13.8. The average Bonchev–Trinajstić information content (AvgIpc) is 2.64. The maximum absolute atomic E-state index is 11.3. The maximum Gasteiger partial charge on any atom is 0.320 e. The predicted molar refractivity (Wildman–Crippen MR) is 66.5 cm³/mol. The summed E-state index contributed by atoms with van der Waals surface area (Å²) < 4.78 is 22.1. The topological polar surface area (TPSA) is 101 Å².